The third-order valence-corrected chi connectivity index (χ3v) is 4.27. The van der Waals surface area contributed by atoms with Crippen LogP contribution < -0.4 is 0 Å². The van der Waals surface area contributed by atoms with E-state index in [9.17, 15) is 0 Å². The molecule has 2 fully saturated rings. The van der Waals surface area contributed by atoms with E-state index in [4.69, 9.17) is 0 Å². The van der Waals surface area contributed by atoms with E-state index in [1.54, 1.807) is 0 Å². The van der Waals surface area contributed by atoms with E-state index in [0.717, 1.165) is 17.9 Å². The Bertz CT molecular complexity index is 178. The minimum atomic E-state index is 0.978. The Kier molecular flexibility index (Phi) is 3.48. The maximum atomic E-state index is 2.77. The molecule has 0 N–H and O–H groups in total. The largest absolute Gasteiger partial charge is 0.300 e. The van der Waals surface area contributed by atoms with Crippen LogP contribution >= 0.6 is 0 Å². The van der Waals surface area contributed by atoms with Crippen molar-refractivity contribution in [2.45, 2.75) is 58.4 Å². The van der Waals surface area contributed by atoms with Gasteiger partial charge in [-0.3, -0.25) is 4.90 Å². The smallest absolute Gasteiger partial charge is 0.0127 e. The molecule has 0 radical (unpaired) electrons. The highest BCUT2D eigenvalue weighted by Crippen LogP contribution is 2.44. The van der Waals surface area contributed by atoms with Gasteiger partial charge < -0.3 is 0 Å². The molecule has 1 aliphatic heterocycles. The number of hydrogen-bond acceptors (Lipinski definition) is 1. The zero-order valence-corrected chi connectivity index (χ0v) is 9.84. The fourth-order valence-corrected chi connectivity index (χ4v) is 3.66. The fraction of sp³-hybridized carbons (Fsp3) is 1.00. The highest BCUT2D eigenvalue weighted by molar-refractivity contribution is 4.98. The van der Waals surface area contributed by atoms with Crippen LogP contribution in [0.15, 0.2) is 0 Å². The third-order valence-electron chi connectivity index (χ3n) is 4.27. The van der Waals surface area contributed by atoms with E-state index < -0.39 is 0 Å². The third kappa shape index (κ3) is 1.84. The minimum absolute atomic E-state index is 0.978. The van der Waals surface area contributed by atoms with Crippen LogP contribution in [0, 0.1) is 11.8 Å². The normalized spacial score (nSPS) is 36.9. The standard InChI is InChI=1S/C13H25N/c1-3-5-6-12-11-7-8-13(12)14(10-11)9-4-2/h11-13H,3-10H2,1-2H3. The van der Waals surface area contributed by atoms with Crippen molar-refractivity contribution in [2.24, 2.45) is 11.8 Å². The number of hydrogen-bond donors (Lipinski definition) is 0. The summed E-state index contributed by atoms with van der Waals surface area (Å²) in [6.45, 7) is 7.41. The molecule has 1 heterocycles. The second-order valence-electron chi connectivity index (χ2n) is 5.21. The lowest BCUT2D eigenvalue weighted by atomic mass is 9.93. The van der Waals surface area contributed by atoms with Crippen molar-refractivity contribution in [2.75, 3.05) is 13.1 Å². The van der Waals surface area contributed by atoms with Crippen LogP contribution in [-0.2, 0) is 0 Å². The summed E-state index contributed by atoms with van der Waals surface area (Å²) >= 11 is 0. The van der Waals surface area contributed by atoms with Gasteiger partial charge in [0.1, 0.15) is 0 Å². The maximum Gasteiger partial charge on any atom is 0.0127 e. The number of rotatable bonds is 5. The van der Waals surface area contributed by atoms with Gasteiger partial charge in [-0.05, 0) is 44.1 Å². The molecule has 0 aromatic rings. The van der Waals surface area contributed by atoms with Gasteiger partial charge in [0, 0.05) is 12.6 Å². The lowest BCUT2D eigenvalue weighted by molar-refractivity contribution is 0.204. The summed E-state index contributed by atoms with van der Waals surface area (Å²) in [5.74, 6) is 2.14. The molecule has 0 spiro atoms. The van der Waals surface area contributed by atoms with Gasteiger partial charge in [-0.15, -0.1) is 0 Å². The lowest BCUT2D eigenvalue weighted by Gasteiger charge is -2.26. The molecule has 3 unspecified atom stereocenters. The molecule has 0 amide bonds. The Balaban J connectivity index is 1.87. The predicted molar refractivity (Wildman–Crippen MR) is 61.4 cm³/mol. The van der Waals surface area contributed by atoms with E-state index in [0.29, 0.717) is 0 Å². The SMILES string of the molecule is CCCCC1C2CCC1N(CCC)C2. The summed E-state index contributed by atoms with van der Waals surface area (Å²) in [5, 5.41) is 0. The van der Waals surface area contributed by atoms with Crippen LogP contribution in [0.4, 0.5) is 0 Å². The summed E-state index contributed by atoms with van der Waals surface area (Å²) in [6, 6.07) is 0.978. The second kappa shape index (κ2) is 4.65. The molecular formula is C13H25N. The summed E-state index contributed by atoms with van der Waals surface area (Å²) < 4.78 is 0. The molecule has 1 nitrogen and oxygen atoms in total. The highest BCUT2D eigenvalue weighted by atomic mass is 15.2. The number of fused-ring (bicyclic) bond motifs is 2. The van der Waals surface area contributed by atoms with E-state index in [1.807, 2.05) is 0 Å². The fourth-order valence-electron chi connectivity index (χ4n) is 3.66. The summed E-state index contributed by atoms with van der Waals surface area (Å²) in [6.07, 6.45) is 8.70. The first-order valence-electron chi connectivity index (χ1n) is 6.60. The monoisotopic (exact) mass is 195 g/mol. The van der Waals surface area contributed by atoms with Gasteiger partial charge in [-0.25, -0.2) is 0 Å². The summed E-state index contributed by atoms with van der Waals surface area (Å²) in [5.41, 5.74) is 0. The number of nitrogens with zero attached hydrogens (tertiary/aromatic N) is 1. The Morgan fingerprint density at radius 2 is 2.00 bits per heavy atom. The van der Waals surface area contributed by atoms with Crippen LogP contribution in [0.1, 0.15) is 52.4 Å². The molecule has 3 atom stereocenters. The molecule has 2 bridgehead atoms. The Morgan fingerprint density at radius 3 is 2.71 bits per heavy atom. The molecular weight excluding hydrogens is 170 g/mol. The van der Waals surface area contributed by atoms with E-state index in [2.05, 4.69) is 18.7 Å². The first-order valence-corrected chi connectivity index (χ1v) is 6.60. The first-order chi connectivity index (χ1) is 6.86. The van der Waals surface area contributed by atoms with Crippen molar-refractivity contribution >= 4 is 0 Å². The lowest BCUT2D eigenvalue weighted by Crippen LogP contribution is -2.33. The molecule has 1 saturated carbocycles. The van der Waals surface area contributed by atoms with Crippen molar-refractivity contribution in [3.63, 3.8) is 0 Å². The van der Waals surface area contributed by atoms with E-state index in [-0.39, 0.29) is 0 Å². The zero-order chi connectivity index (χ0) is 9.97. The molecule has 1 heteroatoms. The van der Waals surface area contributed by atoms with Crippen molar-refractivity contribution in [1.82, 2.24) is 4.90 Å². The van der Waals surface area contributed by atoms with Crippen LogP contribution in [-0.4, -0.2) is 24.0 Å². The van der Waals surface area contributed by atoms with Gasteiger partial charge in [0.05, 0.1) is 0 Å². The Labute approximate surface area is 88.9 Å². The molecule has 0 aromatic heterocycles. The van der Waals surface area contributed by atoms with Crippen LogP contribution in [0.5, 0.6) is 0 Å². The average Bonchev–Trinajstić information content (AvgIpc) is 2.72. The van der Waals surface area contributed by atoms with Gasteiger partial charge in [-0.2, -0.15) is 0 Å². The van der Waals surface area contributed by atoms with Crippen molar-refractivity contribution in [1.29, 1.82) is 0 Å². The van der Waals surface area contributed by atoms with Gasteiger partial charge in [0.15, 0.2) is 0 Å². The molecule has 82 valence electrons. The average molecular weight is 195 g/mol. The Morgan fingerprint density at radius 1 is 1.14 bits per heavy atom. The van der Waals surface area contributed by atoms with Gasteiger partial charge >= 0.3 is 0 Å². The molecule has 0 aromatic carbocycles. The van der Waals surface area contributed by atoms with E-state index >= 15 is 0 Å². The number of piperidine rings is 1. The number of likely N-dealkylation sites (tertiary alicyclic amines) is 1. The summed E-state index contributed by atoms with van der Waals surface area (Å²) in [7, 11) is 0. The minimum Gasteiger partial charge on any atom is -0.300 e. The highest BCUT2D eigenvalue weighted by Gasteiger charge is 2.45. The number of unbranched alkanes of at least 4 members (excludes halogenated alkanes) is 1. The second-order valence-corrected chi connectivity index (χ2v) is 5.21. The molecule has 14 heavy (non-hydrogen) atoms. The zero-order valence-electron chi connectivity index (χ0n) is 9.84. The van der Waals surface area contributed by atoms with Crippen LogP contribution in [0.3, 0.4) is 0 Å². The predicted octanol–water partition coefficient (Wildman–Crippen LogP) is 3.30. The first kappa shape index (κ1) is 10.5. The van der Waals surface area contributed by atoms with Crippen molar-refractivity contribution in [3.05, 3.63) is 0 Å². The van der Waals surface area contributed by atoms with Gasteiger partial charge in [0.25, 0.3) is 0 Å². The van der Waals surface area contributed by atoms with Gasteiger partial charge in [0.2, 0.25) is 0 Å². The molecule has 1 aliphatic carbocycles. The summed E-state index contributed by atoms with van der Waals surface area (Å²) in [4.78, 5) is 2.77. The van der Waals surface area contributed by atoms with Crippen molar-refractivity contribution in [3.8, 4) is 0 Å². The van der Waals surface area contributed by atoms with Crippen LogP contribution in [0.2, 0.25) is 0 Å². The van der Waals surface area contributed by atoms with E-state index in [1.165, 1.54) is 51.6 Å². The van der Waals surface area contributed by atoms with Crippen LogP contribution in [0.25, 0.3) is 0 Å². The van der Waals surface area contributed by atoms with Crippen molar-refractivity contribution < 1.29 is 0 Å². The molecule has 1 saturated heterocycles. The van der Waals surface area contributed by atoms with Gasteiger partial charge in [-0.1, -0.05) is 26.7 Å². The molecule has 2 rings (SSSR count). The quantitative estimate of drug-likeness (QED) is 0.650. The molecule has 2 aliphatic rings. The Hall–Kier alpha value is -0.0400. The maximum absolute atomic E-state index is 2.77. The topological polar surface area (TPSA) is 3.24 Å².